The second-order valence-electron chi connectivity index (χ2n) is 8.61. The summed E-state index contributed by atoms with van der Waals surface area (Å²) in [7, 11) is 1.57. The lowest BCUT2D eigenvalue weighted by Gasteiger charge is -2.30. The van der Waals surface area contributed by atoms with E-state index >= 15 is 0 Å². The fourth-order valence-electron chi connectivity index (χ4n) is 3.44. The smallest absolute Gasteiger partial charge is 0.408 e. The number of likely N-dealkylation sites (tertiary alicyclic amines) is 1. The van der Waals surface area contributed by atoms with Gasteiger partial charge in [-0.05, 0) is 51.8 Å². The number of hydrogen-bond donors (Lipinski definition) is 2. The monoisotopic (exact) mass is 419 g/mol. The van der Waals surface area contributed by atoms with Crippen LogP contribution in [0.15, 0.2) is 18.2 Å². The molecule has 1 fully saturated rings. The Bertz CT molecular complexity index is 827. The predicted molar refractivity (Wildman–Crippen MR) is 110 cm³/mol. The fourth-order valence-corrected chi connectivity index (χ4v) is 3.44. The second kappa shape index (κ2) is 8.51. The van der Waals surface area contributed by atoms with Crippen molar-refractivity contribution in [3.63, 3.8) is 0 Å². The van der Waals surface area contributed by atoms with Crippen molar-refractivity contribution in [2.75, 3.05) is 31.6 Å². The summed E-state index contributed by atoms with van der Waals surface area (Å²) in [6, 6.07) is 4.02. The number of piperidine rings is 1. The molecule has 9 heteroatoms. The molecule has 2 aliphatic rings. The minimum atomic E-state index is -0.917. The quantitative estimate of drug-likeness (QED) is 0.753. The molecular formula is C21H29N3O6. The summed E-state index contributed by atoms with van der Waals surface area (Å²) in [5.41, 5.74) is 0.205. The van der Waals surface area contributed by atoms with Gasteiger partial charge in [0.1, 0.15) is 24.0 Å². The predicted octanol–water partition coefficient (Wildman–Crippen LogP) is 1.53. The van der Waals surface area contributed by atoms with Crippen LogP contribution in [0.4, 0.5) is 10.5 Å². The maximum Gasteiger partial charge on any atom is 0.408 e. The van der Waals surface area contributed by atoms with Gasteiger partial charge in [0.25, 0.3) is 11.8 Å². The van der Waals surface area contributed by atoms with Gasteiger partial charge in [-0.1, -0.05) is 0 Å². The van der Waals surface area contributed by atoms with Gasteiger partial charge in [-0.25, -0.2) is 4.79 Å². The van der Waals surface area contributed by atoms with Crippen LogP contribution in [0, 0.1) is 0 Å². The van der Waals surface area contributed by atoms with Gasteiger partial charge in [0, 0.05) is 25.7 Å². The van der Waals surface area contributed by atoms with Crippen molar-refractivity contribution in [3.05, 3.63) is 23.8 Å². The molecule has 0 radical (unpaired) electrons. The minimum absolute atomic E-state index is 0.0489. The van der Waals surface area contributed by atoms with Crippen LogP contribution >= 0.6 is 0 Å². The molecule has 1 saturated heterocycles. The lowest BCUT2D eigenvalue weighted by atomic mass is 10.1. The number of aliphatic hydroxyl groups excluding tert-OH is 1. The van der Waals surface area contributed by atoms with E-state index in [0.717, 1.165) is 0 Å². The van der Waals surface area contributed by atoms with Crippen LogP contribution in [0.1, 0.15) is 44.0 Å². The summed E-state index contributed by atoms with van der Waals surface area (Å²) in [4.78, 5) is 40.9. The van der Waals surface area contributed by atoms with E-state index in [0.29, 0.717) is 42.9 Å². The number of carbonyl (C=O) groups is 3. The van der Waals surface area contributed by atoms with Crippen molar-refractivity contribution in [1.82, 2.24) is 10.2 Å². The molecule has 0 bridgehead atoms. The maximum absolute atomic E-state index is 12.9. The molecule has 2 aliphatic heterocycles. The number of fused-ring (bicyclic) bond motifs is 1. The standard InChI is InChI=1S/C21H29N3O6/c1-21(2,3)30-20(28)22-15-12-29-17-6-5-13(11-16(17)23(4)19(15)27)18(26)24-9-7-14(25)8-10-24/h5-6,11,14-15,25H,7-10,12H2,1-4H3,(H,22,28)/t15-/m0/s1. The average molecular weight is 419 g/mol. The van der Waals surface area contributed by atoms with E-state index in [1.807, 2.05) is 0 Å². The molecule has 2 heterocycles. The molecule has 30 heavy (non-hydrogen) atoms. The number of nitrogens with zero attached hydrogens (tertiary/aromatic N) is 2. The molecule has 0 spiro atoms. The first-order chi connectivity index (χ1) is 14.0. The van der Waals surface area contributed by atoms with Crippen molar-refractivity contribution in [2.24, 2.45) is 0 Å². The van der Waals surface area contributed by atoms with Crippen LogP contribution in [0.3, 0.4) is 0 Å². The number of alkyl carbamates (subject to hydrolysis) is 1. The summed E-state index contributed by atoms with van der Waals surface area (Å²) in [5.74, 6) is -0.0755. The Labute approximate surface area is 175 Å². The number of benzene rings is 1. The fraction of sp³-hybridized carbons (Fsp3) is 0.571. The third-order valence-corrected chi connectivity index (χ3v) is 5.04. The van der Waals surface area contributed by atoms with E-state index in [2.05, 4.69) is 5.32 Å². The lowest BCUT2D eigenvalue weighted by Crippen LogP contribution is -2.50. The van der Waals surface area contributed by atoms with Crippen LogP contribution in [-0.2, 0) is 9.53 Å². The number of likely N-dealkylation sites (N-methyl/N-ethyl adjacent to an activating group) is 1. The van der Waals surface area contributed by atoms with Crippen LogP contribution in [-0.4, -0.2) is 72.4 Å². The molecule has 0 unspecified atom stereocenters. The van der Waals surface area contributed by atoms with Crippen LogP contribution < -0.4 is 15.0 Å². The molecule has 3 rings (SSSR count). The Morgan fingerprint density at radius 1 is 1.23 bits per heavy atom. The van der Waals surface area contributed by atoms with Gasteiger partial charge in [-0.15, -0.1) is 0 Å². The largest absolute Gasteiger partial charge is 0.489 e. The number of aliphatic hydroxyl groups is 1. The highest BCUT2D eigenvalue weighted by Gasteiger charge is 2.33. The minimum Gasteiger partial charge on any atom is -0.489 e. The third kappa shape index (κ3) is 5.02. The highest BCUT2D eigenvalue weighted by atomic mass is 16.6. The summed E-state index contributed by atoms with van der Waals surface area (Å²) < 4.78 is 11.0. The van der Waals surface area contributed by atoms with Crippen LogP contribution in [0.5, 0.6) is 5.75 Å². The molecule has 3 amide bonds. The van der Waals surface area contributed by atoms with Gasteiger partial charge in [0.05, 0.1) is 11.8 Å². The first-order valence-electron chi connectivity index (χ1n) is 10.1. The average Bonchev–Trinajstić information content (AvgIpc) is 2.78. The summed E-state index contributed by atoms with van der Waals surface area (Å²) in [6.07, 6.45) is 0.0338. The Balaban J connectivity index is 1.74. The van der Waals surface area contributed by atoms with E-state index in [9.17, 15) is 19.5 Å². The van der Waals surface area contributed by atoms with Crippen molar-refractivity contribution >= 4 is 23.6 Å². The number of carbonyl (C=O) groups excluding carboxylic acids is 3. The molecule has 0 aliphatic carbocycles. The SMILES string of the molecule is CN1C(=O)[C@@H](NC(=O)OC(C)(C)C)COc2ccc(C(=O)N3CCC(O)CC3)cc21. The van der Waals surface area contributed by atoms with Crippen molar-refractivity contribution in [2.45, 2.75) is 51.4 Å². The molecule has 2 N–H and O–H groups in total. The number of ether oxygens (including phenoxy) is 2. The first-order valence-corrected chi connectivity index (χ1v) is 10.1. The zero-order chi connectivity index (χ0) is 22.1. The van der Waals surface area contributed by atoms with Crippen molar-refractivity contribution in [1.29, 1.82) is 0 Å². The molecule has 0 aromatic heterocycles. The number of nitrogens with one attached hydrogen (secondary N) is 1. The van der Waals surface area contributed by atoms with E-state index in [1.54, 1.807) is 50.9 Å². The van der Waals surface area contributed by atoms with Gasteiger partial charge in [0.2, 0.25) is 0 Å². The topological polar surface area (TPSA) is 108 Å². The Morgan fingerprint density at radius 3 is 2.53 bits per heavy atom. The molecular weight excluding hydrogens is 390 g/mol. The zero-order valence-corrected chi connectivity index (χ0v) is 17.8. The summed E-state index contributed by atoms with van der Waals surface area (Å²) in [6.45, 7) is 6.14. The van der Waals surface area contributed by atoms with Gasteiger partial charge >= 0.3 is 6.09 Å². The van der Waals surface area contributed by atoms with Crippen molar-refractivity contribution < 1.29 is 29.0 Å². The highest BCUT2D eigenvalue weighted by Crippen LogP contribution is 2.32. The van der Waals surface area contributed by atoms with E-state index in [4.69, 9.17) is 9.47 Å². The van der Waals surface area contributed by atoms with Gasteiger partial charge < -0.3 is 29.7 Å². The third-order valence-electron chi connectivity index (χ3n) is 5.04. The number of anilines is 1. The molecule has 1 aromatic carbocycles. The Morgan fingerprint density at radius 2 is 1.90 bits per heavy atom. The van der Waals surface area contributed by atoms with Crippen LogP contribution in [0.2, 0.25) is 0 Å². The molecule has 164 valence electrons. The van der Waals surface area contributed by atoms with Crippen LogP contribution in [0.25, 0.3) is 0 Å². The Kier molecular flexibility index (Phi) is 6.21. The maximum atomic E-state index is 12.9. The first kappa shape index (κ1) is 21.9. The molecule has 1 aromatic rings. The number of rotatable bonds is 2. The molecule has 0 saturated carbocycles. The normalized spacial score (nSPS) is 20.2. The van der Waals surface area contributed by atoms with E-state index in [1.165, 1.54) is 4.90 Å². The zero-order valence-electron chi connectivity index (χ0n) is 17.8. The van der Waals surface area contributed by atoms with E-state index < -0.39 is 17.7 Å². The number of amides is 3. The molecule has 1 atom stereocenters. The van der Waals surface area contributed by atoms with Gasteiger partial charge in [-0.3, -0.25) is 9.59 Å². The lowest BCUT2D eigenvalue weighted by molar-refractivity contribution is -0.120. The van der Waals surface area contributed by atoms with E-state index in [-0.39, 0.29) is 24.5 Å². The van der Waals surface area contributed by atoms with Crippen molar-refractivity contribution in [3.8, 4) is 5.75 Å². The van der Waals surface area contributed by atoms with Gasteiger partial charge in [0.15, 0.2) is 0 Å². The number of hydrogen-bond acceptors (Lipinski definition) is 6. The summed E-state index contributed by atoms with van der Waals surface area (Å²) in [5, 5.41) is 12.2. The Hall–Kier alpha value is -2.81. The second-order valence-corrected chi connectivity index (χ2v) is 8.61. The highest BCUT2D eigenvalue weighted by molar-refractivity contribution is 6.02. The molecule has 9 nitrogen and oxygen atoms in total. The van der Waals surface area contributed by atoms with Gasteiger partial charge in [-0.2, -0.15) is 0 Å². The summed E-state index contributed by atoms with van der Waals surface area (Å²) >= 11 is 0.